The number of carbonyl (C=O) groups excluding carboxylic acids is 1. The molecule has 2 aliphatic rings. The second-order valence-corrected chi connectivity index (χ2v) is 12.6. The van der Waals surface area contributed by atoms with Gasteiger partial charge in [0.15, 0.2) is 11.0 Å². The lowest BCUT2D eigenvalue weighted by molar-refractivity contribution is -0.274. The van der Waals surface area contributed by atoms with E-state index in [-0.39, 0.29) is 29.8 Å². The number of amidine groups is 1. The number of benzene rings is 3. The standard InChI is InChI=1S/C33H33F3N6O2S/c1-19-15-20(2)29(21(3)16-19)42-22(4)13-14-45-32(42)39-31(43)38-28-17-27(28)23-5-7-24(8-6-23)30-37-18-41(40-30)25-9-11-26(12-10-25)44-33(34,35)36/h5-12,15-16,18,22,27-28H,13-14,17H2,1-4H3,(H,38,43)/b39-32-. The highest BCUT2D eigenvalue weighted by Crippen LogP contribution is 2.41. The van der Waals surface area contributed by atoms with Crippen LogP contribution >= 0.6 is 11.8 Å². The van der Waals surface area contributed by atoms with Crippen LogP contribution in [0.5, 0.6) is 5.75 Å². The first-order valence-electron chi connectivity index (χ1n) is 14.7. The molecule has 3 aromatic carbocycles. The maximum atomic E-state index is 13.1. The van der Waals surface area contributed by atoms with E-state index in [2.05, 4.69) is 69.9 Å². The number of rotatable bonds is 6. The summed E-state index contributed by atoms with van der Waals surface area (Å²) in [5.74, 6) is 1.29. The van der Waals surface area contributed by atoms with Crippen molar-refractivity contribution in [1.29, 1.82) is 0 Å². The number of alkyl halides is 3. The highest BCUT2D eigenvalue weighted by molar-refractivity contribution is 8.14. The summed E-state index contributed by atoms with van der Waals surface area (Å²) in [4.78, 5) is 24.2. The van der Waals surface area contributed by atoms with Crippen molar-refractivity contribution in [1.82, 2.24) is 20.1 Å². The minimum atomic E-state index is -4.75. The Morgan fingerprint density at radius 3 is 2.40 bits per heavy atom. The van der Waals surface area contributed by atoms with E-state index in [0.29, 0.717) is 11.5 Å². The molecule has 8 nitrogen and oxygen atoms in total. The largest absolute Gasteiger partial charge is 0.573 e. The average molecular weight is 635 g/mol. The lowest BCUT2D eigenvalue weighted by Crippen LogP contribution is -2.43. The molecule has 4 aromatic rings. The number of urea groups is 1. The van der Waals surface area contributed by atoms with Gasteiger partial charge in [-0.2, -0.15) is 4.99 Å². The molecular formula is C33H33F3N6O2S. The molecule has 3 atom stereocenters. The van der Waals surface area contributed by atoms with Crippen LogP contribution in [0.25, 0.3) is 17.1 Å². The third-order valence-electron chi connectivity index (χ3n) is 8.01. The normalized spacial score (nSPS) is 20.7. The molecule has 1 saturated heterocycles. The van der Waals surface area contributed by atoms with E-state index in [0.717, 1.165) is 40.6 Å². The van der Waals surface area contributed by atoms with Crippen molar-refractivity contribution in [2.75, 3.05) is 10.7 Å². The van der Waals surface area contributed by atoms with Gasteiger partial charge in [-0.15, -0.1) is 18.3 Å². The summed E-state index contributed by atoms with van der Waals surface area (Å²) in [6.45, 7) is 8.50. The summed E-state index contributed by atoms with van der Waals surface area (Å²) in [5, 5.41) is 8.30. The van der Waals surface area contributed by atoms with E-state index in [1.54, 1.807) is 11.8 Å². The molecule has 0 bridgehead atoms. The van der Waals surface area contributed by atoms with Crippen LogP contribution in [0.15, 0.2) is 72.0 Å². The first-order valence-corrected chi connectivity index (χ1v) is 15.7. The Balaban J connectivity index is 1.09. The van der Waals surface area contributed by atoms with Gasteiger partial charge in [0.25, 0.3) is 0 Å². The van der Waals surface area contributed by atoms with Gasteiger partial charge < -0.3 is 15.0 Å². The number of aryl methyl sites for hydroxylation is 3. The number of aliphatic imine (C=N–C) groups is 1. The van der Waals surface area contributed by atoms with Crippen molar-refractivity contribution < 1.29 is 22.7 Å². The van der Waals surface area contributed by atoms with Crippen LogP contribution < -0.4 is 15.0 Å². The van der Waals surface area contributed by atoms with Crippen LogP contribution in [0.2, 0.25) is 0 Å². The van der Waals surface area contributed by atoms with E-state index >= 15 is 0 Å². The maximum absolute atomic E-state index is 13.1. The molecule has 1 N–H and O–H groups in total. The molecular weight excluding hydrogens is 601 g/mol. The summed E-state index contributed by atoms with van der Waals surface area (Å²) in [7, 11) is 0. The molecule has 12 heteroatoms. The topological polar surface area (TPSA) is 84.6 Å². The van der Waals surface area contributed by atoms with Crippen LogP contribution in [0.1, 0.15) is 47.9 Å². The minimum Gasteiger partial charge on any atom is -0.406 e. The predicted molar refractivity (Wildman–Crippen MR) is 170 cm³/mol. The zero-order valence-corrected chi connectivity index (χ0v) is 26.1. The van der Waals surface area contributed by atoms with Crippen molar-refractivity contribution >= 4 is 28.6 Å². The molecule has 45 heavy (non-hydrogen) atoms. The third kappa shape index (κ3) is 7.00. The Morgan fingerprint density at radius 1 is 1.04 bits per heavy atom. The molecule has 1 aromatic heterocycles. The molecule has 1 aliphatic carbocycles. The van der Waals surface area contributed by atoms with Gasteiger partial charge in [0.05, 0.1) is 5.69 Å². The number of ether oxygens (including phenoxy) is 1. The van der Waals surface area contributed by atoms with Crippen molar-refractivity contribution in [3.05, 3.63) is 89.2 Å². The molecule has 0 spiro atoms. The smallest absolute Gasteiger partial charge is 0.406 e. The van der Waals surface area contributed by atoms with E-state index in [9.17, 15) is 18.0 Å². The fraction of sp³-hybridized carbons (Fsp3) is 0.333. The second-order valence-electron chi connectivity index (χ2n) is 11.6. The van der Waals surface area contributed by atoms with E-state index in [1.165, 1.54) is 52.0 Å². The molecule has 1 aliphatic heterocycles. The zero-order valence-electron chi connectivity index (χ0n) is 25.3. The summed E-state index contributed by atoms with van der Waals surface area (Å²) in [6, 6.07) is 17.6. The Hall–Kier alpha value is -4.32. The van der Waals surface area contributed by atoms with Crippen LogP contribution in [-0.2, 0) is 0 Å². The van der Waals surface area contributed by atoms with Crippen LogP contribution in [0.4, 0.5) is 23.7 Å². The van der Waals surface area contributed by atoms with Gasteiger partial charge in [-0.05, 0) is 81.5 Å². The third-order valence-corrected chi connectivity index (χ3v) is 9.00. The number of nitrogens with zero attached hydrogens (tertiary/aromatic N) is 5. The second kappa shape index (κ2) is 12.2. The Labute approximate surface area is 263 Å². The van der Waals surface area contributed by atoms with Gasteiger partial charge in [0, 0.05) is 35.0 Å². The number of thioether (sulfide) groups is 1. The van der Waals surface area contributed by atoms with Crippen molar-refractivity contribution in [3.63, 3.8) is 0 Å². The zero-order chi connectivity index (χ0) is 31.9. The molecule has 3 unspecified atom stereocenters. The Morgan fingerprint density at radius 2 is 1.73 bits per heavy atom. The number of hydrogen-bond acceptors (Lipinski definition) is 5. The van der Waals surface area contributed by atoms with E-state index in [4.69, 9.17) is 0 Å². The quantitative estimate of drug-likeness (QED) is 0.234. The lowest BCUT2D eigenvalue weighted by atomic mass is 10.0. The maximum Gasteiger partial charge on any atom is 0.573 e. The first kappa shape index (κ1) is 30.7. The molecule has 2 amide bonds. The van der Waals surface area contributed by atoms with Gasteiger partial charge >= 0.3 is 12.4 Å². The van der Waals surface area contributed by atoms with E-state index < -0.39 is 6.36 Å². The average Bonchev–Trinajstić information content (AvgIpc) is 3.55. The molecule has 1 saturated carbocycles. The van der Waals surface area contributed by atoms with Gasteiger partial charge in [-0.1, -0.05) is 53.7 Å². The SMILES string of the molecule is Cc1cc(C)c(N2/C(=N/C(=O)NC3CC3c3ccc(-c4ncn(-c5ccc(OC(F)(F)F)cc5)n4)cc3)SCCC2C)c(C)c1. The van der Waals surface area contributed by atoms with Crippen LogP contribution in [-0.4, -0.2) is 50.2 Å². The fourth-order valence-corrected chi connectivity index (χ4v) is 7.06. The monoisotopic (exact) mass is 634 g/mol. The first-order chi connectivity index (χ1) is 21.4. The number of aromatic nitrogens is 3. The number of amides is 2. The Bertz CT molecular complexity index is 1710. The number of carbonyl (C=O) groups is 1. The predicted octanol–water partition coefficient (Wildman–Crippen LogP) is 7.71. The number of halogens is 3. The Kier molecular flexibility index (Phi) is 8.34. The number of hydrogen-bond donors (Lipinski definition) is 1. The highest BCUT2D eigenvalue weighted by atomic mass is 32.2. The molecule has 2 fully saturated rings. The van der Waals surface area contributed by atoms with Crippen LogP contribution in [0.3, 0.4) is 0 Å². The van der Waals surface area contributed by atoms with Crippen LogP contribution in [0, 0.1) is 20.8 Å². The van der Waals surface area contributed by atoms with Crippen molar-refractivity contribution in [3.8, 4) is 22.8 Å². The summed E-state index contributed by atoms with van der Waals surface area (Å²) in [5.41, 5.74) is 7.15. The van der Waals surface area contributed by atoms with E-state index in [1.807, 2.05) is 24.3 Å². The summed E-state index contributed by atoms with van der Waals surface area (Å²) in [6.07, 6.45) is -1.39. The minimum absolute atomic E-state index is 0.0108. The number of nitrogens with one attached hydrogen (secondary N) is 1. The molecule has 2 heterocycles. The summed E-state index contributed by atoms with van der Waals surface area (Å²) < 4.78 is 42.7. The van der Waals surface area contributed by atoms with Gasteiger partial charge in [-0.3, -0.25) is 0 Å². The van der Waals surface area contributed by atoms with Crippen molar-refractivity contribution in [2.24, 2.45) is 4.99 Å². The number of anilines is 1. The molecule has 6 rings (SSSR count). The molecule has 0 radical (unpaired) electrons. The van der Waals surface area contributed by atoms with Gasteiger partial charge in [0.2, 0.25) is 0 Å². The van der Waals surface area contributed by atoms with Gasteiger partial charge in [-0.25, -0.2) is 14.5 Å². The highest BCUT2D eigenvalue weighted by Gasteiger charge is 2.40. The van der Waals surface area contributed by atoms with Crippen molar-refractivity contribution in [2.45, 2.75) is 64.9 Å². The summed E-state index contributed by atoms with van der Waals surface area (Å²) >= 11 is 1.62. The lowest BCUT2D eigenvalue weighted by Gasteiger charge is -2.37. The molecule has 234 valence electrons. The van der Waals surface area contributed by atoms with Gasteiger partial charge in [0.1, 0.15) is 12.1 Å². The fourth-order valence-electron chi connectivity index (χ4n) is 5.86.